The van der Waals surface area contributed by atoms with Crippen LogP contribution in [-0.2, 0) is 10.2 Å². The third-order valence-corrected chi connectivity index (χ3v) is 4.59. The van der Waals surface area contributed by atoms with Crippen LogP contribution in [0.2, 0.25) is 0 Å². The molecule has 1 fully saturated rings. The average Bonchev–Trinajstić information content (AvgIpc) is 2.46. The Labute approximate surface area is 127 Å². The van der Waals surface area contributed by atoms with Crippen molar-refractivity contribution in [2.45, 2.75) is 44.4 Å². The molecular formula is C16H24ClNO2. The first-order chi connectivity index (χ1) is 9.16. The highest BCUT2D eigenvalue weighted by Gasteiger charge is 2.47. The van der Waals surface area contributed by atoms with E-state index in [4.69, 9.17) is 10.5 Å². The van der Waals surface area contributed by atoms with E-state index in [1.807, 2.05) is 24.3 Å². The molecule has 0 saturated heterocycles. The summed E-state index contributed by atoms with van der Waals surface area (Å²) in [6, 6.07) is 7.81. The molecule has 1 amide bonds. The van der Waals surface area contributed by atoms with Gasteiger partial charge < -0.3 is 10.5 Å². The SMILES string of the molecule is CCC1CCCCC1(C(N)=O)c1ccccc1OC.Cl. The summed E-state index contributed by atoms with van der Waals surface area (Å²) in [5, 5.41) is 0. The average molecular weight is 298 g/mol. The van der Waals surface area contributed by atoms with Gasteiger partial charge in [-0.25, -0.2) is 0 Å². The molecule has 0 radical (unpaired) electrons. The summed E-state index contributed by atoms with van der Waals surface area (Å²) in [6.45, 7) is 2.14. The van der Waals surface area contributed by atoms with Crippen molar-refractivity contribution in [1.29, 1.82) is 0 Å². The van der Waals surface area contributed by atoms with Gasteiger partial charge in [0.25, 0.3) is 0 Å². The van der Waals surface area contributed by atoms with E-state index in [-0.39, 0.29) is 18.3 Å². The fourth-order valence-corrected chi connectivity index (χ4v) is 3.62. The van der Waals surface area contributed by atoms with Gasteiger partial charge in [0.15, 0.2) is 0 Å². The molecule has 3 nitrogen and oxygen atoms in total. The molecule has 0 aromatic heterocycles. The highest BCUT2D eigenvalue weighted by Crippen LogP contribution is 2.48. The second kappa shape index (κ2) is 6.98. The summed E-state index contributed by atoms with van der Waals surface area (Å²) < 4.78 is 5.46. The fourth-order valence-electron chi connectivity index (χ4n) is 3.62. The maximum atomic E-state index is 12.3. The van der Waals surface area contributed by atoms with Crippen LogP contribution in [0, 0.1) is 5.92 Å². The molecule has 4 heteroatoms. The number of carbonyl (C=O) groups excluding carboxylic acids is 1. The van der Waals surface area contributed by atoms with Crippen LogP contribution in [0.3, 0.4) is 0 Å². The standard InChI is InChI=1S/C16H23NO2.ClH/c1-3-12-8-6-7-11-16(12,15(17)18)13-9-4-5-10-14(13)19-2;/h4-5,9-10,12H,3,6-8,11H2,1-2H3,(H2,17,18);1H. The van der Waals surface area contributed by atoms with Crippen molar-refractivity contribution in [2.75, 3.05) is 7.11 Å². The van der Waals surface area contributed by atoms with Crippen LogP contribution in [0.1, 0.15) is 44.6 Å². The topological polar surface area (TPSA) is 52.3 Å². The molecule has 112 valence electrons. The number of carbonyl (C=O) groups is 1. The molecule has 0 spiro atoms. The van der Waals surface area contributed by atoms with Gasteiger partial charge in [-0.05, 0) is 24.8 Å². The van der Waals surface area contributed by atoms with Gasteiger partial charge in [-0.2, -0.15) is 0 Å². The first-order valence-corrected chi connectivity index (χ1v) is 7.10. The van der Waals surface area contributed by atoms with E-state index in [2.05, 4.69) is 6.92 Å². The van der Waals surface area contributed by atoms with Crippen molar-refractivity contribution < 1.29 is 9.53 Å². The largest absolute Gasteiger partial charge is 0.496 e. The number of hydrogen-bond acceptors (Lipinski definition) is 2. The molecule has 1 aliphatic rings. The predicted octanol–water partition coefficient (Wildman–Crippen LogP) is 3.44. The fraction of sp³-hybridized carbons (Fsp3) is 0.562. The van der Waals surface area contributed by atoms with Crippen LogP contribution in [0.4, 0.5) is 0 Å². The van der Waals surface area contributed by atoms with Crippen LogP contribution in [0.15, 0.2) is 24.3 Å². The zero-order valence-electron chi connectivity index (χ0n) is 12.2. The molecule has 0 aliphatic heterocycles. The Balaban J connectivity index is 0.00000200. The van der Waals surface area contributed by atoms with E-state index >= 15 is 0 Å². The van der Waals surface area contributed by atoms with E-state index in [9.17, 15) is 4.79 Å². The van der Waals surface area contributed by atoms with Crippen LogP contribution < -0.4 is 10.5 Å². The van der Waals surface area contributed by atoms with Crippen LogP contribution >= 0.6 is 12.4 Å². The van der Waals surface area contributed by atoms with E-state index in [0.29, 0.717) is 5.92 Å². The van der Waals surface area contributed by atoms with Gasteiger partial charge in [0.1, 0.15) is 5.75 Å². The zero-order chi connectivity index (χ0) is 13.9. The number of rotatable bonds is 4. The Kier molecular flexibility index (Phi) is 5.88. The quantitative estimate of drug-likeness (QED) is 0.925. The smallest absolute Gasteiger partial charge is 0.228 e. The van der Waals surface area contributed by atoms with E-state index in [1.54, 1.807) is 7.11 Å². The number of nitrogens with two attached hydrogens (primary N) is 1. The molecule has 2 unspecified atom stereocenters. The first kappa shape index (κ1) is 16.8. The van der Waals surface area contributed by atoms with Crippen LogP contribution in [0.25, 0.3) is 0 Å². The number of ether oxygens (including phenoxy) is 1. The van der Waals surface area contributed by atoms with Crippen molar-refractivity contribution in [1.82, 2.24) is 0 Å². The number of hydrogen-bond donors (Lipinski definition) is 1. The second-order valence-electron chi connectivity index (χ2n) is 5.39. The summed E-state index contributed by atoms with van der Waals surface area (Å²) in [5.41, 5.74) is 6.24. The molecule has 1 aromatic rings. The minimum atomic E-state index is -0.556. The number of benzene rings is 1. The van der Waals surface area contributed by atoms with Crippen LogP contribution in [0.5, 0.6) is 5.75 Å². The molecule has 1 aromatic carbocycles. The Morgan fingerprint density at radius 2 is 2.10 bits per heavy atom. The lowest BCUT2D eigenvalue weighted by Crippen LogP contribution is -2.49. The summed E-state index contributed by atoms with van der Waals surface area (Å²) >= 11 is 0. The van der Waals surface area contributed by atoms with Gasteiger partial charge in [-0.3, -0.25) is 4.79 Å². The summed E-state index contributed by atoms with van der Waals surface area (Å²) in [4.78, 5) is 12.3. The van der Waals surface area contributed by atoms with Crippen molar-refractivity contribution in [3.8, 4) is 5.75 Å². The summed E-state index contributed by atoms with van der Waals surface area (Å²) in [5.74, 6) is 0.889. The lowest BCUT2D eigenvalue weighted by atomic mass is 9.61. The number of methoxy groups -OCH3 is 1. The maximum Gasteiger partial charge on any atom is 0.228 e. The van der Waals surface area contributed by atoms with Crippen LogP contribution in [-0.4, -0.2) is 13.0 Å². The molecule has 1 saturated carbocycles. The Bertz CT molecular complexity index is 464. The lowest BCUT2D eigenvalue weighted by molar-refractivity contribution is -0.127. The Morgan fingerprint density at radius 3 is 2.70 bits per heavy atom. The lowest BCUT2D eigenvalue weighted by Gasteiger charge is -2.42. The van der Waals surface area contributed by atoms with Gasteiger partial charge >= 0.3 is 0 Å². The number of primary amides is 1. The van der Waals surface area contributed by atoms with Crippen molar-refractivity contribution in [3.63, 3.8) is 0 Å². The minimum absolute atomic E-state index is 0. The summed E-state index contributed by atoms with van der Waals surface area (Å²) in [6.07, 6.45) is 5.11. The third kappa shape index (κ3) is 2.64. The normalized spacial score (nSPS) is 25.6. The highest BCUT2D eigenvalue weighted by atomic mass is 35.5. The molecule has 0 bridgehead atoms. The maximum absolute atomic E-state index is 12.3. The van der Waals surface area contributed by atoms with Gasteiger partial charge in [-0.1, -0.05) is 44.4 Å². The van der Waals surface area contributed by atoms with E-state index in [0.717, 1.165) is 37.0 Å². The molecule has 2 atom stereocenters. The summed E-state index contributed by atoms with van der Waals surface area (Å²) in [7, 11) is 1.65. The molecule has 1 aliphatic carbocycles. The van der Waals surface area contributed by atoms with E-state index < -0.39 is 5.41 Å². The number of amides is 1. The van der Waals surface area contributed by atoms with Crippen molar-refractivity contribution >= 4 is 18.3 Å². The number of halogens is 1. The van der Waals surface area contributed by atoms with Crippen molar-refractivity contribution in [2.24, 2.45) is 11.7 Å². The molecule has 0 heterocycles. The zero-order valence-corrected chi connectivity index (χ0v) is 13.0. The molecule has 20 heavy (non-hydrogen) atoms. The predicted molar refractivity (Wildman–Crippen MR) is 83.4 cm³/mol. The van der Waals surface area contributed by atoms with Gasteiger partial charge in [0.05, 0.1) is 12.5 Å². The third-order valence-electron chi connectivity index (χ3n) is 4.59. The Hall–Kier alpha value is -1.22. The van der Waals surface area contributed by atoms with Gasteiger partial charge in [-0.15, -0.1) is 12.4 Å². The molecule has 2 N–H and O–H groups in total. The number of para-hydroxylation sites is 1. The molecular weight excluding hydrogens is 274 g/mol. The van der Waals surface area contributed by atoms with E-state index in [1.165, 1.54) is 6.42 Å². The van der Waals surface area contributed by atoms with Gasteiger partial charge in [0.2, 0.25) is 5.91 Å². The van der Waals surface area contributed by atoms with Crippen molar-refractivity contribution in [3.05, 3.63) is 29.8 Å². The molecule has 2 rings (SSSR count). The first-order valence-electron chi connectivity index (χ1n) is 7.10. The Morgan fingerprint density at radius 1 is 1.40 bits per heavy atom. The second-order valence-corrected chi connectivity index (χ2v) is 5.39. The minimum Gasteiger partial charge on any atom is -0.496 e. The highest BCUT2D eigenvalue weighted by molar-refractivity contribution is 5.88. The monoisotopic (exact) mass is 297 g/mol. The van der Waals surface area contributed by atoms with Gasteiger partial charge in [0, 0.05) is 5.56 Å².